The average molecular weight is 248 g/mol. The van der Waals surface area contributed by atoms with Crippen LogP contribution in [0.5, 0.6) is 0 Å². The van der Waals surface area contributed by atoms with Crippen LogP contribution >= 0.6 is 0 Å². The molecule has 1 saturated heterocycles. The Morgan fingerprint density at radius 2 is 1.83 bits per heavy atom. The minimum atomic E-state index is -0.119. The molecule has 100 valence electrons. The Kier molecular flexibility index (Phi) is 2.07. The first-order valence-electron chi connectivity index (χ1n) is 7.64. The molecule has 4 fully saturated rings. The Balaban J connectivity index is 1.61. The van der Waals surface area contributed by atoms with Crippen molar-refractivity contribution in [2.45, 2.75) is 76.5 Å². The van der Waals surface area contributed by atoms with E-state index in [0.717, 1.165) is 12.8 Å². The van der Waals surface area contributed by atoms with Gasteiger partial charge in [-0.2, -0.15) is 0 Å². The molecule has 0 bridgehead atoms. The number of nitrogens with one attached hydrogen (secondary N) is 1. The van der Waals surface area contributed by atoms with Gasteiger partial charge in [-0.25, -0.2) is 0 Å². The van der Waals surface area contributed by atoms with Crippen LogP contribution in [0.3, 0.4) is 0 Å². The maximum atomic E-state index is 12.7. The quantitative estimate of drug-likeness (QED) is 0.813. The Bertz CT molecular complexity index is 393. The molecule has 3 saturated carbocycles. The van der Waals surface area contributed by atoms with E-state index in [9.17, 15) is 4.79 Å². The summed E-state index contributed by atoms with van der Waals surface area (Å²) in [4.78, 5) is 15.0. The summed E-state index contributed by atoms with van der Waals surface area (Å²) in [7, 11) is 0. The molecule has 18 heavy (non-hydrogen) atoms. The standard InChI is InChI=1S/C15H24N2O/c1-14(2)9-11(14)17-12(10-5-3-4-6-10)16-15(7-8-15)13(17)18/h10-12,16H,3-9H2,1-2H3. The van der Waals surface area contributed by atoms with E-state index in [0.29, 0.717) is 29.4 Å². The molecule has 3 nitrogen and oxygen atoms in total. The topological polar surface area (TPSA) is 32.3 Å². The lowest BCUT2D eigenvalue weighted by Gasteiger charge is -2.30. The first-order chi connectivity index (χ1) is 8.54. The molecule has 1 N–H and O–H groups in total. The van der Waals surface area contributed by atoms with Crippen molar-refractivity contribution in [3.05, 3.63) is 0 Å². The zero-order valence-electron chi connectivity index (χ0n) is 11.5. The van der Waals surface area contributed by atoms with E-state index in [4.69, 9.17) is 0 Å². The number of amides is 1. The Morgan fingerprint density at radius 1 is 1.22 bits per heavy atom. The smallest absolute Gasteiger partial charge is 0.244 e. The summed E-state index contributed by atoms with van der Waals surface area (Å²) in [5, 5.41) is 3.72. The third-order valence-electron chi connectivity index (χ3n) is 5.76. The van der Waals surface area contributed by atoms with Gasteiger partial charge in [0.1, 0.15) is 0 Å². The molecule has 0 radical (unpaired) electrons. The van der Waals surface area contributed by atoms with Crippen molar-refractivity contribution in [1.29, 1.82) is 0 Å². The van der Waals surface area contributed by atoms with Gasteiger partial charge in [-0.15, -0.1) is 0 Å². The fourth-order valence-corrected chi connectivity index (χ4v) is 4.14. The highest BCUT2D eigenvalue weighted by Crippen LogP contribution is 2.55. The van der Waals surface area contributed by atoms with Crippen LogP contribution < -0.4 is 5.32 Å². The van der Waals surface area contributed by atoms with E-state index in [-0.39, 0.29) is 5.54 Å². The maximum absolute atomic E-state index is 12.7. The minimum absolute atomic E-state index is 0.119. The highest BCUT2D eigenvalue weighted by molar-refractivity contribution is 5.92. The molecule has 0 aromatic heterocycles. The molecule has 1 amide bonds. The van der Waals surface area contributed by atoms with Crippen LogP contribution in [0.2, 0.25) is 0 Å². The molecule has 1 aliphatic heterocycles. The summed E-state index contributed by atoms with van der Waals surface area (Å²) in [5.74, 6) is 1.14. The van der Waals surface area contributed by atoms with Crippen LogP contribution in [-0.2, 0) is 4.79 Å². The van der Waals surface area contributed by atoms with E-state index >= 15 is 0 Å². The van der Waals surface area contributed by atoms with E-state index in [1.54, 1.807) is 0 Å². The number of carbonyl (C=O) groups is 1. The van der Waals surface area contributed by atoms with Gasteiger partial charge in [-0.05, 0) is 43.4 Å². The zero-order chi connectivity index (χ0) is 12.5. The fraction of sp³-hybridized carbons (Fsp3) is 0.933. The lowest BCUT2D eigenvalue weighted by atomic mass is 10.0. The molecule has 0 aromatic carbocycles. The molecule has 2 atom stereocenters. The van der Waals surface area contributed by atoms with Crippen molar-refractivity contribution in [1.82, 2.24) is 10.2 Å². The van der Waals surface area contributed by atoms with Crippen molar-refractivity contribution in [3.63, 3.8) is 0 Å². The van der Waals surface area contributed by atoms with E-state index in [2.05, 4.69) is 24.1 Å². The largest absolute Gasteiger partial charge is 0.322 e. The van der Waals surface area contributed by atoms with E-state index in [1.807, 2.05) is 0 Å². The first kappa shape index (κ1) is 11.3. The zero-order valence-corrected chi connectivity index (χ0v) is 11.5. The normalized spacial score (nSPS) is 40.8. The molecule has 1 heterocycles. The number of carbonyl (C=O) groups excluding carboxylic acids is 1. The molecule has 2 unspecified atom stereocenters. The summed E-state index contributed by atoms with van der Waals surface area (Å²) in [5.41, 5.74) is 0.237. The monoisotopic (exact) mass is 248 g/mol. The summed E-state index contributed by atoms with van der Waals surface area (Å²) in [6.45, 7) is 4.60. The number of nitrogens with zero attached hydrogens (tertiary/aromatic N) is 1. The van der Waals surface area contributed by atoms with Crippen molar-refractivity contribution in [2.75, 3.05) is 0 Å². The first-order valence-corrected chi connectivity index (χ1v) is 7.64. The Labute approximate surface area is 109 Å². The third-order valence-corrected chi connectivity index (χ3v) is 5.76. The average Bonchev–Trinajstić information content (AvgIpc) is 3.08. The lowest BCUT2D eigenvalue weighted by Crippen LogP contribution is -2.45. The van der Waals surface area contributed by atoms with E-state index in [1.165, 1.54) is 32.1 Å². The molecular formula is C15H24N2O. The van der Waals surface area contributed by atoms with Gasteiger partial charge in [0.25, 0.3) is 0 Å². The van der Waals surface area contributed by atoms with Gasteiger partial charge in [0.05, 0.1) is 11.7 Å². The van der Waals surface area contributed by atoms with Gasteiger partial charge in [0, 0.05) is 6.04 Å². The maximum Gasteiger partial charge on any atom is 0.244 e. The Morgan fingerprint density at radius 3 is 2.33 bits per heavy atom. The van der Waals surface area contributed by atoms with Crippen LogP contribution in [0.25, 0.3) is 0 Å². The third kappa shape index (κ3) is 1.43. The van der Waals surface area contributed by atoms with Gasteiger partial charge in [0.2, 0.25) is 5.91 Å². The molecular weight excluding hydrogens is 224 g/mol. The van der Waals surface area contributed by atoms with Gasteiger partial charge < -0.3 is 4.90 Å². The van der Waals surface area contributed by atoms with Crippen LogP contribution in [0.15, 0.2) is 0 Å². The predicted octanol–water partition coefficient (Wildman–Crippen LogP) is 2.27. The second-order valence-electron chi connectivity index (χ2n) is 7.64. The summed E-state index contributed by atoms with van der Waals surface area (Å²) in [6, 6.07) is 0.503. The van der Waals surface area contributed by atoms with Crippen molar-refractivity contribution in [3.8, 4) is 0 Å². The number of rotatable bonds is 2. The van der Waals surface area contributed by atoms with Gasteiger partial charge >= 0.3 is 0 Å². The van der Waals surface area contributed by atoms with Gasteiger partial charge in [-0.1, -0.05) is 26.7 Å². The van der Waals surface area contributed by atoms with Crippen molar-refractivity contribution in [2.24, 2.45) is 11.3 Å². The molecule has 1 spiro atoms. The SMILES string of the molecule is CC1(C)CC1N1C(=O)C2(CC2)NC1C1CCCC1. The molecule has 3 heteroatoms. The van der Waals surface area contributed by atoms with Crippen LogP contribution in [0, 0.1) is 11.3 Å². The summed E-state index contributed by atoms with van der Waals surface area (Å²) in [6.07, 6.45) is 9.01. The molecule has 4 rings (SSSR count). The van der Waals surface area contributed by atoms with Crippen LogP contribution in [0.1, 0.15) is 58.8 Å². The van der Waals surface area contributed by atoms with Gasteiger partial charge in [0.15, 0.2) is 0 Å². The summed E-state index contributed by atoms with van der Waals surface area (Å²) >= 11 is 0. The Hall–Kier alpha value is -0.570. The second kappa shape index (κ2) is 3.30. The molecule has 3 aliphatic carbocycles. The number of hydrogen-bond donors (Lipinski definition) is 1. The second-order valence-corrected chi connectivity index (χ2v) is 7.64. The minimum Gasteiger partial charge on any atom is -0.322 e. The molecule has 0 aromatic rings. The van der Waals surface area contributed by atoms with Crippen LogP contribution in [0.4, 0.5) is 0 Å². The fourth-order valence-electron chi connectivity index (χ4n) is 4.14. The highest BCUT2D eigenvalue weighted by Gasteiger charge is 2.65. The van der Waals surface area contributed by atoms with Crippen molar-refractivity contribution < 1.29 is 4.79 Å². The van der Waals surface area contributed by atoms with Crippen LogP contribution in [-0.4, -0.2) is 28.6 Å². The van der Waals surface area contributed by atoms with Gasteiger partial charge in [-0.3, -0.25) is 10.1 Å². The number of hydrogen-bond acceptors (Lipinski definition) is 2. The predicted molar refractivity (Wildman–Crippen MR) is 69.9 cm³/mol. The lowest BCUT2D eigenvalue weighted by molar-refractivity contribution is -0.132. The van der Waals surface area contributed by atoms with E-state index < -0.39 is 0 Å². The highest BCUT2D eigenvalue weighted by atomic mass is 16.2. The van der Waals surface area contributed by atoms with Crippen molar-refractivity contribution >= 4 is 5.91 Å². The summed E-state index contributed by atoms with van der Waals surface area (Å²) < 4.78 is 0. The molecule has 4 aliphatic rings.